The fraction of sp³-hybridized carbons (Fsp3) is 0.526. The van der Waals surface area contributed by atoms with Gasteiger partial charge in [0.2, 0.25) is 5.91 Å². The monoisotopic (exact) mass is 316 g/mol. The molecule has 1 aliphatic rings. The molecule has 1 heterocycles. The summed E-state index contributed by atoms with van der Waals surface area (Å²) in [4.78, 5) is 13.4. The zero-order chi connectivity index (χ0) is 16.9. The molecular weight excluding hydrogens is 288 g/mol. The summed E-state index contributed by atoms with van der Waals surface area (Å²) in [7, 11) is 0. The summed E-state index contributed by atoms with van der Waals surface area (Å²) in [5.74, 6) is 0.249. The minimum atomic E-state index is -0.186. The largest absolute Gasteiger partial charge is 0.364 e. The van der Waals surface area contributed by atoms with Gasteiger partial charge in [-0.1, -0.05) is 30.4 Å². The van der Waals surface area contributed by atoms with Gasteiger partial charge in [-0.15, -0.1) is 0 Å². The Balaban J connectivity index is 1.78. The Morgan fingerprint density at radius 1 is 1.43 bits per heavy atom. The normalized spacial score (nSPS) is 15.3. The summed E-state index contributed by atoms with van der Waals surface area (Å²) in [5.41, 5.74) is 3.24. The molecule has 1 aromatic carbocycles. The number of carbonyl (C=O) groups excluding carboxylic acids is 1. The third-order valence-corrected chi connectivity index (χ3v) is 4.37. The molecule has 0 aromatic heterocycles. The van der Waals surface area contributed by atoms with E-state index >= 15 is 0 Å². The summed E-state index contributed by atoms with van der Waals surface area (Å²) in [6, 6.07) is 8.41. The first-order chi connectivity index (χ1) is 10.9. The van der Waals surface area contributed by atoms with Gasteiger partial charge in [0.1, 0.15) is 0 Å². The smallest absolute Gasteiger partial charge is 0.222 e. The maximum atomic E-state index is 11.5. The second-order valence-corrected chi connectivity index (χ2v) is 6.70. The molecule has 0 bridgehead atoms. The van der Waals surface area contributed by atoms with Crippen LogP contribution in [-0.2, 0) is 15.1 Å². The molecule has 4 nitrogen and oxygen atoms in total. The van der Waals surface area contributed by atoms with Gasteiger partial charge in [-0.3, -0.25) is 10.1 Å². The maximum Gasteiger partial charge on any atom is 0.222 e. The first kappa shape index (κ1) is 17.7. The lowest BCUT2D eigenvalue weighted by Gasteiger charge is -2.28. The van der Waals surface area contributed by atoms with E-state index in [4.69, 9.17) is 4.74 Å². The molecule has 2 rings (SSSR count). The number of likely N-dealkylation sites (tertiary alicyclic amines) is 1. The number of hydrogen-bond acceptors (Lipinski definition) is 3. The Bertz CT molecular complexity index is 566. The number of nitrogens with zero attached hydrogens (tertiary/aromatic N) is 1. The SMILES string of the molecule is C=C(C)c1cccc(C(C)(C)NCOCCN2CCCC2=O)c1. The van der Waals surface area contributed by atoms with Gasteiger partial charge >= 0.3 is 0 Å². The summed E-state index contributed by atoms with van der Waals surface area (Å²) in [5, 5.41) is 3.42. The third kappa shape index (κ3) is 4.91. The van der Waals surface area contributed by atoms with Crippen LogP contribution in [0.2, 0.25) is 0 Å². The highest BCUT2D eigenvalue weighted by Gasteiger charge is 2.21. The number of carbonyl (C=O) groups is 1. The van der Waals surface area contributed by atoms with Gasteiger partial charge in [0, 0.05) is 25.0 Å². The van der Waals surface area contributed by atoms with Crippen molar-refractivity contribution in [2.75, 3.05) is 26.4 Å². The van der Waals surface area contributed by atoms with Crippen molar-refractivity contribution < 1.29 is 9.53 Å². The van der Waals surface area contributed by atoms with E-state index in [0.29, 0.717) is 26.3 Å². The van der Waals surface area contributed by atoms with Crippen molar-refractivity contribution in [1.29, 1.82) is 0 Å². The highest BCUT2D eigenvalue weighted by atomic mass is 16.5. The molecular formula is C19H28N2O2. The van der Waals surface area contributed by atoms with Gasteiger partial charge in [0.15, 0.2) is 0 Å². The topological polar surface area (TPSA) is 41.6 Å². The summed E-state index contributed by atoms with van der Waals surface area (Å²) >= 11 is 0. The first-order valence-corrected chi connectivity index (χ1v) is 8.27. The fourth-order valence-electron chi connectivity index (χ4n) is 2.69. The van der Waals surface area contributed by atoms with Gasteiger partial charge < -0.3 is 9.64 Å². The maximum absolute atomic E-state index is 11.5. The Hall–Kier alpha value is -1.65. The van der Waals surface area contributed by atoms with E-state index in [9.17, 15) is 4.79 Å². The molecule has 1 amide bonds. The Morgan fingerprint density at radius 2 is 2.22 bits per heavy atom. The van der Waals surface area contributed by atoms with Gasteiger partial charge in [-0.2, -0.15) is 0 Å². The zero-order valence-corrected chi connectivity index (χ0v) is 14.5. The van der Waals surface area contributed by atoms with Crippen LogP contribution in [0.15, 0.2) is 30.8 Å². The number of nitrogens with one attached hydrogen (secondary N) is 1. The lowest BCUT2D eigenvalue weighted by atomic mass is 9.92. The van der Waals surface area contributed by atoms with Crippen molar-refractivity contribution >= 4 is 11.5 Å². The standard InChI is InChI=1S/C19H28N2O2/c1-15(2)16-7-5-8-17(13-16)19(3,4)20-14-23-12-11-21-10-6-9-18(21)22/h5,7-8,13,20H,1,6,9-12,14H2,2-4H3. The molecule has 126 valence electrons. The van der Waals surface area contributed by atoms with E-state index in [1.165, 1.54) is 5.56 Å². The van der Waals surface area contributed by atoms with E-state index in [0.717, 1.165) is 24.1 Å². The lowest BCUT2D eigenvalue weighted by molar-refractivity contribution is -0.128. The minimum Gasteiger partial charge on any atom is -0.364 e. The highest BCUT2D eigenvalue weighted by molar-refractivity contribution is 5.78. The van der Waals surface area contributed by atoms with E-state index in [1.807, 2.05) is 11.8 Å². The van der Waals surface area contributed by atoms with Gasteiger partial charge in [0.25, 0.3) is 0 Å². The van der Waals surface area contributed by atoms with Crippen LogP contribution in [0.25, 0.3) is 5.57 Å². The van der Waals surface area contributed by atoms with Crippen LogP contribution < -0.4 is 5.32 Å². The third-order valence-electron chi connectivity index (χ3n) is 4.37. The molecule has 1 fully saturated rings. The van der Waals surface area contributed by atoms with Crippen LogP contribution in [0.3, 0.4) is 0 Å². The van der Waals surface area contributed by atoms with Crippen molar-refractivity contribution in [2.24, 2.45) is 0 Å². The summed E-state index contributed by atoms with van der Waals surface area (Å²) in [6.45, 7) is 12.9. The first-order valence-electron chi connectivity index (χ1n) is 8.27. The molecule has 0 radical (unpaired) electrons. The van der Waals surface area contributed by atoms with E-state index < -0.39 is 0 Å². The molecule has 4 heteroatoms. The van der Waals surface area contributed by atoms with Gasteiger partial charge in [-0.25, -0.2) is 0 Å². The average Bonchev–Trinajstić information content (AvgIpc) is 2.92. The lowest BCUT2D eigenvalue weighted by Crippen LogP contribution is -2.39. The van der Waals surface area contributed by atoms with Crippen molar-refractivity contribution in [3.63, 3.8) is 0 Å². The summed E-state index contributed by atoms with van der Waals surface area (Å²) in [6.07, 6.45) is 1.66. The van der Waals surface area contributed by atoms with Crippen molar-refractivity contribution in [3.8, 4) is 0 Å². The second-order valence-electron chi connectivity index (χ2n) is 6.70. The number of hydrogen-bond donors (Lipinski definition) is 1. The van der Waals surface area contributed by atoms with Crippen LogP contribution in [-0.4, -0.2) is 37.2 Å². The van der Waals surface area contributed by atoms with Crippen LogP contribution in [0, 0.1) is 0 Å². The summed E-state index contributed by atoms with van der Waals surface area (Å²) < 4.78 is 5.66. The van der Waals surface area contributed by atoms with Crippen molar-refractivity contribution in [2.45, 2.75) is 39.2 Å². The van der Waals surface area contributed by atoms with Crippen molar-refractivity contribution in [1.82, 2.24) is 10.2 Å². The van der Waals surface area contributed by atoms with Crippen molar-refractivity contribution in [3.05, 3.63) is 42.0 Å². The van der Waals surface area contributed by atoms with Crippen LogP contribution >= 0.6 is 0 Å². The Morgan fingerprint density at radius 3 is 2.87 bits per heavy atom. The van der Waals surface area contributed by atoms with E-state index in [-0.39, 0.29) is 11.4 Å². The molecule has 0 saturated carbocycles. The van der Waals surface area contributed by atoms with Crippen LogP contribution in [0.5, 0.6) is 0 Å². The quantitative estimate of drug-likeness (QED) is 0.592. The van der Waals surface area contributed by atoms with E-state index in [2.05, 4.69) is 50.0 Å². The average molecular weight is 316 g/mol. The molecule has 1 aromatic rings. The molecule has 0 unspecified atom stereocenters. The molecule has 0 spiro atoms. The molecule has 1 N–H and O–H groups in total. The van der Waals surface area contributed by atoms with Gasteiger partial charge in [-0.05, 0) is 44.4 Å². The van der Waals surface area contributed by atoms with E-state index in [1.54, 1.807) is 0 Å². The molecule has 0 atom stereocenters. The highest BCUT2D eigenvalue weighted by Crippen LogP contribution is 2.23. The zero-order valence-electron chi connectivity index (χ0n) is 14.5. The number of benzene rings is 1. The fourth-order valence-corrected chi connectivity index (χ4v) is 2.69. The van der Waals surface area contributed by atoms with Crippen LogP contribution in [0.1, 0.15) is 44.7 Å². The van der Waals surface area contributed by atoms with Gasteiger partial charge in [0.05, 0.1) is 13.3 Å². The van der Waals surface area contributed by atoms with Crippen LogP contribution in [0.4, 0.5) is 0 Å². The Labute approximate surface area is 139 Å². The Kier molecular flexibility index (Phi) is 5.97. The second kappa shape index (κ2) is 7.75. The predicted molar refractivity (Wildman–Crippen MR) is 93.9 cm³/mol. The molecule has 0 aliphatic carbocycles. The molecule has 1 aliphatic heterocycles. The predicted octanol–water partition coefficient (Wildman–Crippen LogP) is 3.14. The number of allylic oxidation sites excluding steroid dienone is 1. The molecule has 1 saturated heterocycles. The number of rotatable bonds is 8. The number of amides is 1. The number of ether oxygens (including phenoxy) is 1. The molecule has 23 heavy (non-hydrogen) atoms. The minimum absolute atomic E-state index is 0.186.